The molecule has 1 fully saturated rings. The summed E-state index contributed by atoms with van der Waals surface area (Å²) in [6.45, 7) is 7.70. The molecule has 1 N–H and O–H groups in total. The van der Waals surface area contributed by atoms with E-state index in [9.17, 15) is 0 Å². The van der Waals surface area contributed by atoms with Crippen molar-refractivity contribution in [1.82, 2.24) is 15.1 Å². The quantitative estimate of drug-likeness (QED) is 0.859. The lowest BCUT2D eigenvalue weighted by molar-refractivity contribution is 0.140. The van der Waals surface area contributed by atoms with Crippen molar-refractivity contribution in [2.45, 2.75) is 38.9 Å². The molecule has 3 nitrogen and oxygen atoms in total. The van der Waals surface area contributed by atoms with E-state index in [-0.39, 0.29) is 0 Å². The molecule has 0 bridgehead atoms. The molecule has 112 valence electrons. The third kappa shape index (κ3) is 4.58. The van der Waals surface area contributed by atoms with Gasteiger partial charge in [0.1, 0.15) is 0 Å². The molecule has 1 saturated heterocycles. The second-order valence-electron chi connectivity index (χ2n) is 6.07. The topological polar surface area (TPSA) is 18.5 Å². The lowest BCUT2D eigenvalue weighted by atomic mass is 10.0. The van der Waals surface area contributed by atoms with Gasteiger partial charge in [-0.15, -0.1) is 0 Å². The van der Waals surface area contributed by atoms with Crippen LogP contribution in [-0.4, -0.2) is 49.6 Å². The number of rotatable bonds is 6. The summed E-state index contributed by atoms with van der Waals surface area (Å²) in [5, 5.41) is 3.37. The molecule has 0 atom stereocenters. The van der Waals surface area contributed by atoms with Gasteiger partial charge in [0.25, 0.3) is 0 Å². The molecule has 2 rings (SSSR count). The van der Waals surface area contributed by atoms with Crippen molar-refractivity contribution in [2.24, 2.45) is 0 Å². The molecular formula is C17H29N3. The summed E-state index contributed by atoms with van der Waals surface area (Å²) in [5.74, 6) is 0. The molecule has 20 heavy (non-hydrogen) atoms. The predicted molar refractivity (Wildman–Crippen MR) is 85.8 cm³/mol. The number of benzene rings is 1. The molecule has 3 heteroatoms. The van der Waals surface area contributed by atoms with Gasteiger partial charge < -0.3 is 10.2 Å². The molecule has 1 aromatic rings. The first-order valence-electron chi connectivity index (χ1n) is 7.86. The van der Waals surface area contributed by atoms with Crippen LogP contribution in [-0.2, 0) is 13.1 Å². The van der Waals surface area contributed by atoms with Gasteiger partial charge in [-0.1, -0.05) is 31.2 Å². The molecule has 0 amide bonds. The fourth-order valence-corrected chi connectivity index (χ4v) is 2.88. The van der Waals surface area contributed by atoms with Crippen LogP contribution in [0.1, 0.15) is 30.9 Å². The van der Waals surface area contributed by atoms with Crippen LogP contribution in [0.25, 0.3) is 0 Å². The summed E-state index contributed by atoms with van der Waals surface area (Å²) < 4.78 is 0. The third-order valence-electron chi connectivity index (χ3n) is 4.30. The van der Waals surface area contributed by atoms with Gasteiger partial charge in [-0.25, -0.2) is 0 Å². The summed E-state index contributed by atoms with van der Waals surface area (Å²) in [6.07, 6.45) is 2.59. The molecule has 1 aliphatic heterocycles. The molecule has 0 aromatic heterocycles. The Balaban J connectivity index is 1.79. The lowest BCUT2D eigenvalue weighted by Crippen LogP contribution is -2.41. The zero-order valence-corrected chi connectivity index (χ0v) is 13.2. The van der Waals surface area contributed by atoms with Crippen LogP contribution in [0.4, 0.5) is 0 Å². The van der Waals surface area contributed by atoms with E-state index in [1.54, 1.807) is 0 Å². The van der Waals surface area contributed by atoms with Gasteiger partial charge in [0, 0.05) is 19.1 Å². The SMILES string of the molecule is CCNCc1ccc(CN2CCC(N(C)C)CC2)cc1. The minimum absolute atomic E-state index is 0.772. The third-order valence-corrected chi connectivity index (χ3v) is 4.30. The highest BCUT2D eigenvalue weighted by Gasteiger charge is 2.20. The smallest absolute Gasteiger partial charge is 0.0233 e. The molecule has 1 heterocycles. The largest absolute Gasteiger partial charge is 0.313 e. The first-order chi connectivity index (χ1) is 9.69. The fourth-order valence-electron chi connectivity index (χ4n) is 2.88. The van der Waals surface area contributed by atoms with Crippen LogP contribution in [0.15, 0.2) is 24.3 Å². The Hall–Kier alpha value is -0.900. The summed E-state index contributed by atoms with van der Waals surface area (Å²) in [6, 6.07) is 9.85. The van der Waals surface area contributed by atoms with Crippen molar-refractivity contribution in [3.05, 3.63) is 35.4 Å². The number of nitrogens with zero attached hydrogens (tertiary/aromatic N) is 2. The Morgan fingerprint density at radius 3 is 2.25 bits per heavy atom. The van der Waals surface area contributed by atoms with Crippen molar-refractivity contribution in [3.8, 4) is 0 Å². The van der Waals surface area contributed by atoms with Crippen molar-refractivity contribution in [3.63, 3.8) is 0 Å². The van der Waals surface area contributed by atoms with Gasteiger partial charge in [0.2, 0.25) is 0 Å². The van der Waals surface area contributed by atoms with E-state index in [0.717, 1.165) is 25.7 Å². The Kier molecular flexibility index (Phi) is 6.02. The zero-order chi connectivity index (χ0) is 14.4. The highest BCUT2D eigenvalue weighted by molar-refractivity contribution is 5.22. The first-order valence-corrected chi connectivity index (χ1v) is 7.86. The Morgan fingerprint density at radius 1 is 1.10 bits per heavy atom. The van der Waals surface area contributed by atoms with Crippen molar-refractivity contribution in [1.29, 1.82) is 0 Å². The molecule has 0 unspecified atom stereocenters. The number of hydrogen-bond acceptors (Lipinski definition) is 3. The summed E-state index contributed by atoms with van der Waals surface area (Å²) in [4.78, 5) is 4.95. The van der Waals surface area contributed by atoms with E-state index in [2.05, 4.69) is 60.4 Å². The van der Waals surface area contributed by atoms with E-state index in [1.165, 1.54) is 37.1 Å². The van der Waals surface area contributed by atoms with Gasteiger partial charge in [-0.2, -0.15) is 0 Å². The van der Waals surface area contributed by atoms with Crippen molar-refractivity contribution in [2.75, 3.05) is 33.7 Å². The molecular weight excluding hydrogens is 246 g/mol. The van der Waals surface area contributed by atoms with Crippen LogP contribution in [0.5, 0.6) is 0 Å². The van der Waals surface area contributed by atoms with Crippen molar-refractivity contribution >= 4 is 0 Å². The van der Waals surface area contributed by atoms with E-state index in [0.29, 0.717) is 0 Å². The molecule has 0 saturated carbocycles. The van der Waals surface area contributed by atoms with Gasteiger partial charge in [0.15, 0.2) is 0 Å². The van der Waals surface area contributed by atoms with E-state index in [4.69, 9.17) is 0 Å². The Bertz CT molecular complexity index is 378. The zero-order valence-electron chi connectivity index (χ0n) is 13.2. The standard InChI is InChI=1S/C17H29N3/c1-4-18-13-15-5-7-16(8-6-15)14-20-11-9-17(10-12-20)19(2)3/h5-8,17-18H,4,9-14H2,1-3H3. The molecule has 0 spiro atoms. The summed E-state index contributed by atoms with van der Waals surface area (Å²) in [5.41, 5.74) is 2.82. The second kappa shape index (κ2) is 7.77. The van der Waals surface area contributed by atoms with Crippen LogP contribution in [0, 0.1) is 0 Å². The predicted octanol–water partition coefficient (Wildman–Crippen LogP) is 2.32. The van der Waals surface area contributed by atoms with Gasteiger partial charge >= 0.3 is 0 Å². The Labute approximate surface area is 124 Å². The van der Waals surface area contributed by atoms with Crippen molar-refractivity contribution < 1.29 is 0 Å². The van der Waals surface area contributed by atoms with Gasteiger partial charge in [-0.3, -0.25) is 4.90 Å². The maximum atomic E-state index is 3.37. The number of likely N-dealkylation sites (tertiary alicyclic amines) is 1. The first kappa shape index (κ1) is 15.5. The summed E-state index contributed by atoms with van der Waals surface area (Å²) in [7, 11) is 4.40. The van der Waals surface area contributed by atoms with Crippen LogP contribution >= 0.6 is 0 Å². The molecule has 1 aromatic carbocycles. The molecule has 0 aliphatic carbocycles. The Morgan fingerprint density at radius 2 is 1.70 bits per heavy atom. The lowest BCUT2D eigenvalue weighted by Gasteiger charge is -2.35. The molecule has 0 radical (unpaired) electrons. The van der Waals surface area contributed by atoms with Crippen LogP contribution in [0.2, 0.25) is 0 Å². The minimum Gasteiger partial charge on any atom is -0.313 e. The number of nitrogens with one attached hydrogen (secondary N) is 1. The monoisotopic (exact) mass is 275 g/mol. The maximum Gasteiger partial charge on any atom is 0.0233 e. The van der Waals surface area contributed by atoms with Crippen LogP contribution < -0.4 is 5.32 Å². The highest BCUT2D eigenvalue weighted by atomic mass is 15.2. The normalized spacial score (nSPS) is 17.8. The van der Waals surface area contributed by atoms with Gasteiger partial charge in [-0.05, 0) is 57.7 Å². The second-order valence-corrected chi connectivity index (χ2v) is 6.07. The van der Waals surface area contributed by atoms with E-state index < -0.39 is 0 Å². The van der Waals surface area contributed by atoms with Gasteiger partial charge in [0.05, 0.1) is 0 Å². The minimum atomic E-state index is 0.772. The average molecular weight is 275 g/mol. The maximum absolute atomic E-state index is 3.37. The fraction of sp³-hybridized carbons (Fsp3) is 0.647. The number of piperidine rings is 1. The van der Waals surface area contributed by atoms with E-state index >= 15 is 0 Å². The van der Waals surface area contributed by atoms with E-state index in [1.807, 2.05) is 0 Å². The van der Waals surface area contributed by atoms with Crippen LogP contribution in [0.3, 0.4) is 0 Å². The number of hydrogen-bond donors (Lipinski definition) is 1. The average Bonchev–Trinajstić information content (AvgIpc) is 2.47. The summed E-state index contributed by atoms with van der Waals surface area (Å²) >= 11 is 0. The highest BCUT2D eigenvalue weighted by Crippen LogP contribution is 2.16. The molecule has 1 aliphatic rings.